The van der Waals surface area contributed by atoms with E-state index in [-0.39, 0.29) is 12.0 Å². The van der Waals surface area contributed by atoms with Crippen LogP contribution in [0.4, 0.5) is 0 Å². The molecule has 0 N–H and O–H groups in total. The fourth-order valence-electron chi connectivity index (χ4n) is 3.46. The lowest BCUT2D eigenvalue weighted by atomic mass is 10.1. The number of morpholine rings is 1. The van der Waals surface area contributed by atoms with Crippen molar-refractivity contribution in [2.24, 2.45) is 5.10 Å². The summed E-state index contributed by atoms with van der Waals surface area (Å²) in [5, 5.41) is 6.16. The topological polar surface area (TPSA) is 45.1 Å². The fraction of sp³-hybridized carbons (Fsp3) is 0.333. The van der Waals surface area contributed by atoms with Crippen LogP contribution in [0.15, 0.2) is 65.8 Å². The summed E-state index contributed by atoms with van der Waals surface area (Å²) in [6, 6.07) is 20.3. The maximum atomic E-state index is 12.7. The SMILES string of the molecule is O=C(CN1CCOC(c2ccccc2)C1)N1CCC(c2ccccc2)=N1. The second-order valence-corrected chi connectivity index (χ2v) is 6.68. The average Bonchev–Trinajstić information content (AvgIpc) is 3.20. The molecule has 2 aliphatic rings. The maximum Gasteiger partial charge on any atom is 0.256 e. The van der Waals surface area contributed by atoms with E-state index in [9.17, 15) is 4.79 Å². The smallest absolute Gasteiger partial charge is 0.256 e. The largest absolute Gasteiger partial charge is 0.371 e. The Labute approximate surface area is 153 Å². The number of ether oxygens (including phenoxy) is 1. The molecule has 2 aromatic carbocycles. The number of benzene rings is 2. The van der Waals surface area contributed by atoms with Crippen LogP contribution in [-0.4, -0.2) is 54.3 Å². The predicted molar refractivity (Wildman–Crippen MR) is 101 cm³/mol. The molecule has 2 aliphatic heterocycles. The number of carbonyl (C=O) groups excluding carboxylic acids is 1. The van der Waals surface area contributed by atoms with Crippen molar-refractivity contribution in [3.63, 3.8) is 0 Å². The molecule has 1 amide bonds. The molecule has 0 saturated carbocycles. The second-order valence-electron chi connectivity index (χ2n) is 6.68. The summed E-state index contributed by atoms with van der Waals surface area (Å²) in [5.74, 6) is 0.0599. The number of hydrogen-bond acceptors (Lipinski definition) is 4. The first kappa shape index (κ1) is 16.9. The number of carbonyl (C=O) groups is 1. The van der Waals surface area contributed by atoms with Crippen LogP contribution in [0.5, 0.6) is 0 Å². The Kier molecular flexibility index (Phi) is 5.09. The van der Waals surface area contributed by atoms with Gasteiger partial charge in [0.1, 0.15) is 0 Å². The van der Waals surface area contributed by atoms with E-state index in [0.717, 1.165) is 36.3 Å². The van der Waals surface area contributed by atoms with E-state index in [1.807, 2.05) is 48.5 Å². The standard InChI is InChI=1S/C21H23N3O2/c25-21(24-12-11-19(22-24)17-7-3-1-4-8-17)16-23-13-14-26-20(15-23)18-9-5-2-6-10-18/h1-10,20H,11-16H2. The Balaban J connectivity index is 1.37. The lowest BCUT2D eigenvalue weighted by Gasteiger charge is -2.33. The van der Waals surface area contributed by atoms with Crippen molar-refractivity contribution < 1.29 is 9.53 Å². The molecule has 2 aromatic rings. The summed E-state index contributed by atoms with van der Waals surface area (Å²) in [4.78, 5) is 14.8. The lowest BCUT2D eigenvalue weighted by Crippen LogP contribution is -2.44. The van der Waals surface area contributed by atoms with Crippen LogP contribution in [0.25, 0.3) is 0 Å². The molecule has 0 spiro atoms. The van der Waals surface area contributed by atoms with Gasteiger partial charge in [-0.25, -0.2) is 5.01 Å². The van der Waals surface area contributed by atoms with Gasteiger partial charge in [0.2, 0.25) is 0 Å². The van der Waals surface area contributed by atoms with Gasteiger partial charge >= 0.3 is 0 Å². The van der Waals surface area contributed by atoms with Crippen molar-refractivity contribution in [2.45, 2.75) is 12.5 Å². The Hall–Kier alpha value is -2.50. The summed E-state index contributed by atoms with van der Waals surface area (Å²) in [7, 11) is 0. The Morgan fingerprint density at radius 3 is 2.54 bits per heavy atom. The molecule has 1 saturated heterocycles. The molecular weight excluding hydrogens is 326 g/mol. The van der Waals surface area contributed by atoms with E-state index < -0.39 is 0 Å². The van der Waals surface area contributed by atoms with E-state index in [2.05, 4.69) is 22.1 Å². The number of rotatable bonds is 4. The first-order chi connectivity index (χ1) is 12.8. The normalized spacial score (nSPS) is 20.8. The van der Waals surface area contributed by atoms with Crippen molar-refractivity contribution in [3.05, 3.63) is 71.8 Å². The maximum absolute atomic E-state index is 12.7. The molecule has 0 aromatic heterocycles. The fourth-order valence-corrected chi connectivity index (χ4v) is 3.46. The summed E-state index contributed by atoms with van der Waals surface area (Å²) < 4.78 is 5.88. The van der Waals surface area contributed by atoms with Crippen LogP contribution in [0.3, 0.4) is 0 Å². The highest BCUT2D eigenvalue weighted by Crippen LogP contribution is 2.22. The zero-order valence-electron chi connectivity index (χ0n) is 14.8. The van der Waals surface area contributed by atoms with Crippen molar-refractivity contribution in [2.75, 3.05) is 32.8 Å². The lowest BCUT2D eigenvalue weighted by molar-refractivity contribution is -0.134. The Morgan fingerprint density at radius 2 is 1.77 bits per heavy atom. The molecule has 5 heteroatoms. The van der Waals surface area contributed by atoms with E-state index in [0.29, 0.717) is 19.7 Å². The van der Waals surface area contributed by atoms with Gasteiger partial charge in [0.15, 0.2) is 0 Å². The summed E-state index contributed by atoms with van der Waals surface area (Å²) in [6.45, 7) is 3.20. The Bertz CT molecular complexity index is 776. The minimum Gasteiger partial charge on any atom is -0.371 e. The van der Waals surface area contributed by atoms with Gasteiger partial charge in [-0.05, 0) is 11.1 Å². The highest BCUT2D eigenvalue weighted by Gasteiger charge is 2.27. The number of amides is 1. The van der Waals surface area contributed by atoms with Crippen LogP contribution >= 0.6 is 0 Å². The molecule has 1 atom stereocenters. The van der Waals surface area contributed by atoms with Crippen molar-refractivity contribution in [1.29, 1.82) is 0 Å². The molecule has 1 fully saturated rings. The zero-order valence-corrected chi connectivity index (χ0v) is 14.8. The average molecular weight is 349 g/mol. The first-order valence-corrected chi connectivity index (χ1v) is 9.12. The van der Waals surface area contributed by atoms with Gasteiger partial charge in [0, 0.05) is 19.5 Å². The van der Waals surface area contributed by atoms with E-state index in [1.54, 1.807) is 5.01 Å². The molecule has 4 rings (SSSR count). The van der Waals surface area contributed by atoms with Crippen LogP contribution in [0.1, 0.15) is 23.7 Å². The third kappa shape index (κ3) is 3.84. The first-order valence-electron chi connectivity index (χ1n) is 9.12. The van der Waals surface area contributed by atoms with Crippen molar-refractivity contribution in [3.8, 4) is 0 Å². The second kappa shape index (κ2) is 7.81. The van der Waals surface area contributed by atoms with Crippen LogP contribution < -0.4 is 0 Å². The van der Waals surface area contributed by atoms with Gasteiger partial charge in [-0.3, -0.25) is 9.69 Å². The van der Waals surface area contributed by atoms with Crippen LogP contribution in [0.2, 0.25) is 0 Å². The summed E-state index contributed by atoms with van der Waals surface area (Å²) >= 11 is 0. The minimum absolute atomic E-state index is 0.0275. The highest BCUT2D eigenvalue weighted by atomic mass is 16.5. The molecule has 1 unspecified atom stereocenters. The summed E-state index contributed by atoms with van der Waals surface area (Å²) in [5.41, 5.74) is 3.25. The molecule has 0 aliphatic carbocycles. The van der Waals surface area contributed by atoms with E-state index >= 15 is 0 Å². The van der Waals surface area contributed by atoms with Crippen LogP contribution in [0, 0.1) is 0 Å². The third-order valence-corrected chi connectivity index (χ3v) is 4.88. The van der Waals surface area contributed by atoms with Gasteiger partial charge in [-0.1, -0.05) is 60.7 Å². The van der Waals surface area contributed by atoms with Crippen molar-refractivity contribution in [1.82, 2.24) is 9.91 Å². The van der Waals surface area contributed by atoms with E-state index in [1.165, 1.54) is 0 Å². The molecule has 0 bridgehead atoms. The monoisotopic (exact) mass is 349 g/mol. The molecule has 0 radical (unpaired) electrons. The number of hydrazone groups is 1. The van der Waals surface area contributed by atoms with E-state index in [4.69, 9.17) is 4.74 Å². The third-order valence-electron chi connectivity index (χ3n) is 4.88. The summed E-state index contributed by atoms with van der Waals surface area (Å²) in [6.07, 6.45) is 0.839. The molecular formula is C21H23N3O2. The Morgan fingerprint density at radius 1 is 1.04 bits per heavy atom. The molecule has 134 valence electrons. The van der Waals surface area contributed by atoms with Crippen LogP contribution in [-0.2, 0) is 9.53 Å². The molecule has 26 heavy (non-hydrogen) atoms. The van der Waals surface area contributed by atoms with Gasteiger partial charge in [-0.15, -0.1) is 0 Å². The highest BCUT2D eigenvalue weighted by molar-refractivity contribution is 6.02. The number of nitrogens with zero attached hydrogens (tertiary/aromatic N) is 3. The molecule has 5 nitrogen and oxygen atoms in total. The van der Waals surface area contributed by atoms with Gasteiger partial charge in [0.25, 0.3) is 5.91 Å². The minimum atomic E-state index is 0.0275. The molecule has 2 heterocycles. The predicted octanol–water partition coefficient (Wildman–Crippen LogP) is 2.70. The zero-order chi connectivity index (χ0) is 17.8. The van der Waals surface area contributed by atoms with Gasteiger partial charge in [-0.2, -0.15) is 5.10 Å². The van der Waals surface area contributed by atoms with Gasteiger partial charge in [0.05, 0.1) is 31.5 Å². The number of hydrogen-bond donors (Lipinski definition) is 0. The van der Waals surface area contributed by atoms with Gasteiger partial charge < -0.3 is 4.74 Å². The van der Waals surface area contributed by atoms with Crippen molar-refractivity contribution >= 4 is 11.6 Å². The quantitative estimate of drug-likeness (QED) is 0.853.